The van der Waals surface area contributed by atoms with Crippen LogP contribution in [0.2, 0.25) is 0 Å². The molecule has 0 fully saturated rings. The Kier molecular flexibility index (Phi) is 3.58. The number of benzene rings is 1. The molecule has 0 aliphatic carbocycles. The van der Waals surface area contributed by atoms with Crippen LogP contribution in [0, 0.1) is 20.8 Å². The van der Waals surface area contributed by atoms with Gasteiger partial charge in [-0.3, -0.25) is 0 Å². The second kappa shape index (κ2) is 4.51. The molecule has 0 bridgehead atoms. The van der Waals surface area contributed by atoms with Gasteiger partial charge in [-0.1, -0.05) is 30.3 Å². The molecular weight excluding hydrogens is 196 g/mol. The van der Waals surface area contributed by atoms with Gasteiger partial charge < -0.3 is 4.74 Å². The van der Waals surface area contributed by atoms with E-state index in [0.717, 1.165) is 16.7 Å². The average Bonchev–Trinajstić information content (AvgIpc) is 2.01. The number of carbonyl (C=O) groups excluding carboxylic acids is 1. The number of hydrogen-bond donors (Lipinski definition) is 1. The molecule has 0 radical (unpaired) electrons. The summed E-state index contributed by atoms with van der Waals surface area (Å²) in [7, 11) is 0. The first-order valence-corrected chi connectivity index (χ1v) is 4.88. The minimum Gasteiger partial charge on any atom is -0.453 e. The molecule has 0 aliphatic rings. The third-order valence-corrected chi connectivity index (χ3v) is 2.31. The minimum absolute atomic E-state index is 0.306. The number of carbonyl (C=O) groups is 1. The summed E-state index contributed by atoms with van der Waals surface area (Å²) >= 11 is 3.56. The second-order valence-electron chi connectivity index (χ2n) is 3.43. The summed E-state index contributed by atoms with van der Waals surface area (Å²) in [5.74, 6) is 0. The Morgan fingerprint density at radius 2 is 1.79 bits per heavy atom. The molecular formula is C11H14O2S. The molecule has 1 rings (SSSR count). The van der Waals surface area contributed by atoms with Crippen molar-refractivity contribution >= 4 is 17.9 Å². The molecule has 0 heterocycles. The standard InChI is InChI=1S/C11H14O2S/c1-7-4-8(2)10(9(3)5-7)6-13-11(12)14/h4-5H,6H2,1-3H3,(H,12,14). The van der Waals surface area contributed by atoms with Crippen molar-refractivity contribution in [1.82, 2.24) is 0 Å². The Labute approximate surface area is 89.7 Å². The monoisotopic (exact) mass is 210 g/mol. The van der Waals surface area contributed by atoms with Crippen molar-refractivity contribution in [2.24, 2.45) is 0 Å². The molecule has 0 spiro atoms. The molecule has 0 unspecified atom stereocenters. The molecule has 0 N–H and O–H groups in total. The smallest absolute Gasteiger partial charge is 0.364 e. The summed E-state index contributed by atoms with van der Waals surface area (Å²) in [6, 6.07) is 4.16. The van der Waals surface area contributed by atoms with Crippen LogP contribution in [-0.2, 0) is 11.3 Å². The lowest BCUT2D eigenvalue weighted by molar-refractivity contribution is 0.169. The van der Waals surface area contributed by atoms with Gasteiger partial charge in [-0.2, -0.15) is 0 Å². The van der Waals surface area contributed by atoms with Crippen molar-refractivity contribution in [2.75, 3.05) is 0 Å². The third kappa shape index (κ3) is 2.77. The molecule has 3 heteroatoms. The fourth-order valence-corrected chi connectivity index (χ4v) is 1.64. The number of ether oxygens (including phenoxy) is 1. The summed E-state index contributed by atoms with van der Waals surface area (Å²) in [6.45, 7) is 6.39. The maximum Gasteiger partial charge on any atom is 0.364 e. The normalized spacial score (nSPS) is 10.0. The van der Waals surface area contributed by atoms with Gasteiger partial charge in [0.05, 0.1) is 0 Å². The van der Waals surface area contributed by atoms with Crippen molar-refractivity contribution in [3.8, 4) is 0 Å². The lowest BCUT2D eigenvalue weighted by Gasteiger charge is -2.10. The van der Waals surface area contributed by atoms with Crippen LogP contribution in [0.15, 0.2) is 12.1 Å². The lowest BCUT2D eigenvalue weighted by atomic mass is 10.0. The highest BCUT2D eigenvalue weighted by Gasteiger charge is 2.05. The maximum atomic E-state index is 10.5. The van der Waals surface area contributed by atoms with Gasteiger partial charge in [0.2, 0.25) is 0 Å². The van der Waals surface area contributed by atoms with Gasteiger partial charge in [0.25, 0.3) is 0 Å². The zero-order chi connectivity index (χ0) is 10.7. The Balaban J connectivity index is 2.91. The molecule has 0 amide bonds. The van der Waals surface area contributed by atoms with E-state index in [0.29, 0.717) is 6.61 Å². The van der Waals surface area contributed by atoms with Gasteiger partial charge >= 0.3 is 5.30 Å². The van der Waals surface area contributed by atoms with Gasteiger partial charge in [-0.05, 0) is 37.5 Å². The molecule has 0 aliphatic heterocycles. The van der Waals surface area contributed by atoms with Gasteiger partial charge in [0, 0.05) is 0 Å². The predicted molar refractivity (Wildman–Crippen MR) is 59.8 cm³/mol. The largest absolute Gasteiger partial charge is 0.453 e. The molecule has 14 heavy (non-hydrogen) atoms. The molecule has 0 aromatic heterocycles. The van der Waals surface area contributed by atoms with Gasteiger partial charge in [0.1, 0.15) is 6.61 Å². The Morgan fingerprint density at radius 1 is 1.29 bits per heavy atom. The average molecular weight is 210 g/mol. The minimum atomic E-state index is -0.538. The molecule has 76 valence electrons. The first-order valence-electron chi connectivity index (χ1n) is 4.43. The number of thiol groups is 1. The number of rotatable bonds is 2. The highest BCUT2D eigenvalue weighted by Crippen LogP contribution is 2.17. The Bertz CT molecular complexity index is 335. The molecule has 2 nitrogen and oxygen atoms in total. The van der Waals surface area contributed by atoms with E-state index in [1.165, 1.54) is 5.56 Å². The van der Waals surface area contributed by atoms with E-state index in [2.05, 4.69) is 31.7 Å². The first kappa shape index (κ1) is 11.1. The SMILES string of the molecule is Cc1cc(C)c(COC(=O)S)c(C)c1. The van der Waals surface area contributed by atoms with Crippen LogP contribution in [0.4, 0.5) is 4.79 Å². The van der Waals surface area contributed by atoms with Gasteiger partial charge in [-0.25, -0.2) is 4.79 Å². The Hall–Kier alpha value is -0.960. The first-order chi connectivity index (χ1) is 6.50. The van der Waals surface area contributed by atoms with E-state index in [9.17, 15) is 4.79 Å². The highest BCUT2D eigenvalue weighted by molar-refractivity contribution is 7.96. The lowest BCUT2D eigenvalue weighted by Crippen LogP contribution is -2.00. The van der Waals surface area contributed by atoms with Crippen LogP contribution in [0.5, 0.6) is 0 Å². The van der Waals surface area contributed by atoms with E-state index in [4.69, 9.17) is 4.74 Å². The van der Waals surface area contributed by atoms with E-state index in [1.807, 2.05) is 13.8 Å². The number of aryl methyl sites for hydroxylation is 3. The van der Waals surface area contributed by atoms with E-state index in [-0.39, 0.29) is 0 Å². The van der Waals surface area contributed by atoms with Crippen molar-refractivity contribution in [1.29, 1.82) is 0 Å². The van der Waals surface area contributed by atoms with E-state index < -0.39 is 5.30 Å². The molecule has 0 saturated carbocycles. The summed E-state index contributed by atoms with van der Waals surface area (Å²) in [5.41, 5.74) is 4.59. The molecule has 1 aromatic rings. The van der Waals surface area contributed by atoms with Crippen molar-refractivity contribution in [3.05, 3.63) is 34.4 Å². The zero-order valence-electron chi connectivity index (χ0n) is 8.63. The topological polar surface area (TPSA) is 26.3 Å². The summed E-state index contributed by atoms with van der Waals surface area (Å²) in [6.07, 6.45) is 0. The van der Waals surface area contributed by atoms with Crippen LogP contribution < -0.4 is 0 Å². The van der Waals surface area contributed by atoms with E-state index >= 15 is 0 Å². The van der Waals surface area contributed by atoms with Gasteiger partial charge in [0.15, 0.2) is 0 Å². The molecule has 0 atom stereocenters. The fraction of sp³-hybridized carbons (Fsp3) is 0.364. The number of hydrogen-bond acceptors (Lipinski definition) is 2. The summed E-state index contributed by atoms with van der Waals surface area (Å²) in [5, 5.41) is -0.538. The van der Waals surface area contributed by atoms with Crippen molar-refractivity contribution in [2.45, 2.75) is 27.4 Å². The highest BCUT2D eigenvalue weighted by atomic mass is 32.1. The molecule has 0 saturated heterocycles. The van der Waals surface area contributed by atoms with Crippen molar-refractivity contribution in [3.63, 3.8) is 0 Å². The molecule has 1 aromatic carbocycles. The third-order valence-electron chi connectivity index (χ3n) is 2.18. The van der Waals surface area contributed by atoms with Crippen LogP contribution >= 0.6 is 12.6 Å². The quantitative estimate of drug-likeness (QED) is 0.599. The predicted octanol–water partition coefficient (Wildman–Crippen LogP) is 3.18. The summed E-state index contributed by atoms with van der Waals surface area (Å²) < 4.78 is 4.85. The van der Waals surface area contributed by atoms with Crippen LogP contribution in [0.1, 0.15) is 22.3 Å². The Morgan fingerprint density at radius 3 is 2.21 bits per heavy atom. The zero-order valence-corrected chi connectivity index (χ0v) is 9.52. The second-order valence-corrected chi connectivity index (χ2v) is 3.80. The van der Waals surface area contributed by atoms with Crippen LogP contribution in [0.25, 0.3) is 0 Å². The van der Waals surface area contributed by atoms with Gasteiger partial charge in [-0.15, -0.1) is 0 Å². The summed E-state index contributed by atoms with van der Waals surface area (Å²) in [4.78, 5) is 10.5. The fourth-order valence-electron chi connectivity index (χ4n) is 1.57. The van der Waals surface area contributed by atoms with Crippen LogP contribution in [0.3, 0.4) is 0 Å². The van der Waals surface area contributed by atoms with E-state index in [1.54, 1.807) is 0 Å². The van der Waals surface area contributed by atoms with Crippen LogP contribution in [-0.4, -0.2) is 5.30 Å². The maximum absolute atomic E-state index is 10.5. The van der Waals surface area contributed by atoms with Crippen molar-refractivity contribution < 1.29 is 9.53 Å².